The first-order valence-electron chi connectivity index (χ1n) is 7.56. The van der Waals surface area contributed by atoms with Crippen LogP contribution in [0, 0.1) is 12.8 Å². The number of carboxylic acid groups (broad SMARTS) is 1. The highest BCUT2D eigenvalue weighted by Crippen LogP contribution is 2.23. The third-order valence-corrected chi connectivity index (χ3v) is 4.42. The summed E-state index contributed by atoms with van der Waals surface area (Å²) in [5, 5.41) is 9.13. The topological polar surface area (TPSA) is 57.6 Å². The Bertz CT molecular complexity index is 527. The summed E-state index contributed by atoms with van der Waals surface area (Å²) in [6.45, 7) is 4.40. The van der Waals surface area contributed by atoms with Gasteiger partial charge in [0.25, 0.3) is 0 Å². The van der Waals surface area contributed by atoms with Gasteiger partial charge in [0.05, 0.1) is 5.92 Å². The molecule has 1 amide bonds. The number of hydrogen-bond acceptors (Lipinski definition) is 2. The summed E-state index contributed by atoms with van der Waals surface area (Å²) in [6.07, 6.45) is 2.60. The molecule has 2 rings (SSSR count). The molecule has 0 aliphatic carbocycles. The first-order valence-corrected chi connectivity index (χ1v) is 7.56. The van der Waals surface area contributed by atoms with Crippen molar-refractivity contribution in [2.75, 3.05) is 6.54 Å². The lowest BCUT2D eigenvalue weighted by Crippen LogP contribution is -2.47. The number of likely N-dealkylation sites (tertiary alicyclic amines) is 1. The summed E-state index contributed by atoms with van der Waals surface area (Å²) < 4.78 is 0. The van der Waals surface area contributed by atoms with Crippen molar-refractivity contribution >= 4 is 11.9 Å². The SMILES string of the molecule is Cc1ccccc1CCC(=O)N1CC(C(=O)O)CCC1C. The maximum atomic E-state index is 12.4. The van der Waals surface area contributed by atoms with Crippen LogP contribution in [-0.4, -0.2) is 34.5 Å². The number of carboxylic acids is 1. The minimum absolute atomic E-state index is 0.0664. The van der Waals surface area contributed by atoms with Gasteiger partial charge in [0.15, 0.2) is 0 Å². The fourth-order valence-corrected chi connectivity index (χ4v) is 2.93. The van der Waals surface area contributed by atoms with Crippen LogP contribution in [0.1, 0.15) is 37.3 Å². The molecule has 1 saturated heterocycles. The second-order valence-electron chi connectivity index (χ2n) is 5.93. The van der Waals surface area contributed by atoms with Gasteiger partial charge in [-0.3, -0.25) is 9.59 Å². The van der Waals surface area contributed by atoms with Gasteiger partial charge in [-0.25, -0.2) is 0 Å². The number of piperidine rings is 1. The van der Waals surface area contributed by atoms with E-state index < -0.39 is 11.9 Å². The largest absolute Gasteiger partial charge is 0.481 e. The number of aryl methyl sites for hydroxylation is 2. The van der Waals surface area contributed by atoms with Crippen LogP contribution < -0.4 is 0 Å². The van der Waals surface area contributed by atoms with Crippen molar-refractivity contribution in [3.05, 3.63) is 35.4 Å². The van der Waals surface area contributed by atoms with Crippen LogP contribution in [0.15, 0.2) is 24.3 Å². The van der Waals surface area contributed by atoms with Gasteiger partial charge in [-0.1, -0.05) is 24.3 Å². The molecule has 1 aromatic rings. The number of nitrogens with zero attached hydrogens (tertiary/aromatic N) is 1. The molecular weight excluding hydrogens is 266 g/mol. The van der Waals surface area contributed by atoms with E-state index in [1.54, 1.807) is 4.90 Å². The lowest BCUT2D eigenvalue weighted by atomic mass is 9.93. The van der Waals surface area contributed by atoms with Crippen molar-refractivity contribution in [2.24, 2.45) is 5.92 Å². The Labute approximate surface area is 125 Å². The Balaban J connectivity index is 1.95. The van der Waals surface area contributed by atoms with E-state index in [9.17, 15) is 9.59 Å². The van der Waals surface area contributed by atoms with Gasteiger partial charge in [0.2, 0.25) is 5.91 Å². The molecule has 114 valence electrons. The van der Waals surface area contributed by atoms with Crippen molar-refractivity contribution in [3.8, 4) is 0 Å². The highest BCUT2D eigenvalue weighted by Gasteiger charge is 2.32. The fourth-order valence-electron chi connectivity index (χ4n) is 2.93. The van der Waals surface area contributed by atoms with Crippen molar-refractivity contribution in [2.45, 2.75) is 45.6 Å². The summed E-state index contributed by atoms with van der Waals surface area (Å²) in [4.78, 5) is 25.3. The van der Waals surface area contributed by atoms with Crippen molar-refractivity contribution in [1.82, 2.24) is 4.90 Å². The number of aliphatic carboxylic acids is 1. The highest BCUT2D eigenvalue weighted by atomic mass is 16.4. The van der Waals surface area contributed by atoms with E-state index in [2.05, 4.69) is 0 Å². The summed E-state index contributed by atoms with van der Waals surface area (Å²) in [5.74, 6) is -1.14. The maximum absolute atomic E-state index is 12.4. The van der Waals surface area contributed by atoms with Gasteiger partial charge < -0.3 is 10.0 Å². The molecule has 21 heavy (non-hydrogen) atoms. The first-order chi connectivity index (χ1) is 9.99. The number of carbonyl (C=O) groups excluding carboxylic acids is 1. The molecule has 1 fully saturated rings. The van der Waals surface area contributed by atoms with E-state index in [-0.39, 0.29) is 11.9 Å². The molecule has 1 aromatic carbocycles. The molecule has 2 unspecified atom stereocenters. The van der Waals surface area contributed by atoms with Gasteiger partial charge in [0.1, 0.15) is 0 Å². The molecule has 0 bridgehead atoms. The number of hydrogen-bond donors (Lipinski definition) is 1. The van der Waals surface area contributed by atoms with Crippen LogP contribution in [0.2, 0.25) is 0 Å². The zero-order valence-electron chi connectivity index (χ0n) is 12.7. The van der Waals surface area contributed by atoms with Crippen LogP contribution in [0.25, 0.3) is 0 Å². The average molecular weight is 289 g/mol. The predicted octanol–water partition coefficient (Wildman–Crippen LogP) is 2.64. The second kappa shape index (κ2) is 6.74. The van der Waals surface area contributed by atoms with E-state index in [4.69, 9.17) is 5.11 Å². The normalized spacial score (nSPS) is 22.1. The highest BCUT2D eigenvalue weighted by molar-refractivity contribution is 5.78. The molecule has 0 saturated carbocycles. The smallest absolute Gasteiger partial charge is 0.308 e. The molecular formula is C17H23NO3. The summed E-state index contributed by atoms with van der Waals surface area (Å²) in [6, 6.07) is 8.21. The standard InChI is InChI=1S/C17H23NO3/c1-12-5-3-4-6-14(12)9-10-16(19)18-11-15(17(20)21)8-7-13(18)2/h3-6,13,15H,7-11H2,1-2H3,(H,20,21). The van der Waals surface area contributed by atoms with E-state index >= 15 is 0 Å². The number of rotatable bonds is 4. The third-order valence-electron chi connectivity index (χ3n) is 4.42. The zero-order valence-corrected chi connectivity index (χ0v) is 12.7. The Morgan fingerprint density at radius 1 is 1.29 bits per heavy atom. The van der Waals surface area contributed by atoms with Crippen molar-refractivity contribution < 1.29 is 14.7 Å². The number of amides is 1. The van der Waals surface area contributed by atoms with Crippen molar-refractivity contribution in [3.63, 3.8) is 0 Å². The summed E-state index contributed by atoms with van der Waals surface area (Å²) in [5.41, 5.74) is 2.38. The van der Waals surface area contributed by atoms with Crippen LogP contribution in [-0.2, 0) is 16.0 Å². The van der Waals surface area contributed by atoms with E-state index in [0.29, 0.717) is 25.8 Å². The molecule has 1 heterocycles. The van der Waals surface area contributed by atoms with Crippen LogP contribution in [0.5, 0.6) is 0 Å². The molecule has 1 aliphatic heterocycles. The number of carbonyl (C=O) groups is 2. The molecule has 2 atom stereocenters. The molecule has 1 aliphatic rings. The molecule has 4 nitrogen and oxygen atoms in total. The Morgan fingerprint density at radius 2 is 2.00 bits per heavy atom. The van der Waals surface area contributed by atoms with Gasteiger partial charge in [-0.2, -0.15) is 0 Å². The van der Waals surface area contributed by atoms with Crippen LogP contribution >= 0.6 is 0 Å². The van der Waals surface area contributed by atoms with Gasteiger partial charge in [0, 0.05) is 19.0 Å². The predicted molar refractivity (Wildman–Crippen MR) is 81.0 cm³/mol. The van der Waals surface area contributed by atoms with E-state index in [1.807, 2.05) is 38.1 Å². The minimum Gasteiger partial charge on any atom is -0.481 e. The monoisotopic (exact) mass is 289 g/mol. The van der Waals surface area contributed by atoms with Gasteiger partial charge >= 0.3 is 5.97 Å². The quantitative estimate of drug-likeness (QED) is 0.927. The second-order valence-corrected chi connectivity index (χ2v) is 5.93. The Kier molecular flexibility index (Phi) is 4.99. The summed E-state index contributed by atoms with van der Waals surface area (Å²) in [7, 11) is 0. The zero-order chi connectivity index (χ0) is 15.4. The average Bonchev–Trinajstić information content (AvgIpc) is 2.46. The lowest BCUT2D eigenvalue weighted by Gasteiger charge is -2.36. The lowest BCUT2D eigenvalue weighted by molar-refractivity contribution is -0.147. The van der Waals surface area contributed by atoms with Crippen LogP contribution in [0.4, 0.5) is 0 Å². The minimum atomic E-state index is -0.793. The van der Waals surface area contributed by atoms with Gasteiger partial charge in [-0.05, 0) is 44.2 Å². The van der Waals surface area contributed by atoms with Crippen LogP contribution in [0.3, 0.4) is 0 Å². The molecule has 4 heteroatoms. The molecule has 1 N–H and O–H groups in total. The first kappa shape index (κ1) is 15.5. The summed E-state index contributed by atoms with van der Waals surface area (Å²) >= 11 is 0. The molecule has 0 aromatic heterocycles. The Morgan fingerprint density at radius 3 is 2.67 bits per heavy atom. The van der Waals surface area contributed by atoms with Gasteiger partial charge in [-0.15, -0.1) is 0 Å². The fraction of sp³-hybridized carbons (Fsp3) is 0.529. The van der Waals surface area contributed by atoms with E-state index in [1.165, 1.54) is 11.1 Å². The molecule has 0 spiro atoms. The Hall–Kier alpha value is -1.84. The molecule has 0 radical (unpaired) electrons. The van der Waals surface area contributed by atoms with Crippen molar-refractivity contribution in [1.29, 1.82) is 0 Å². The number of benzene rings is 1. The van der Waals surface area contributed by atoms with E-state index in [0.717, 1.165) is 6.42 Å². The third kappa shape index (κ3) is 3.84. The maximum Gasteiger partial charge on any atom is 0.308 e.